The quantitative estimate of drug-likeness (QED) is 0.116. The lowest BCUT2D eigenvalue weighted by atomic mass is 10.1. The highest BCUT2D eigenvalue weighted by Crippen LogP contribution is 2.29. The Morgan fingerprint density at radius 2 is 1.59 bits per heavy atom. The summed E-state index contributed by atoms with van der Waals surface area (Å²) in [4.78, 5) is 12.5. The van der Waals surface area contributed by atoms with E-state index in [0.717, 1.165) is 30.0 Å². The maximum Gasteiger partial charge on any atom is 0.262 e. The Morgan fingerprint density at radius 1 is 0.902 bits per heavy atom. The average Bonchev–Trinajstić information content (AvgIpc) is 3.34. The number of nitrogens with zero attached hydrogens (tertiary/aromatic N) is 1. The lowest BCUT2D eigenvalue weighted by Crippen LogP contribution is -3.00. The number of halogens is 2. The highest BCUT2D eigenvalue weighted by molar-refractivity contribution is 7.07. The Morgan fingerprint density at radius 3 is 2.22 bits per heavy atom. The molecule has 5 nitrogen and oxygen atoms in total. The topological polar surface area (TPSA) is 51.4 Å². The minimum Gasteiger partial charge on any atom is -1.00 e. The molecule has 2 aromatic carbocycles. The number of hydrogen-bond donors (Lipinski definition) is 1. The number of aromatic nitrogens is 1. The SMILES string of the molecule is CCCCCCCCCCCCCCOc1ccc(OCC(=O)Nc2cccc(C[n+]3cscc3C)c2)c(Cl)c1.[Br-]. The second kappa shape index (κ2) is 20.7. The number of aryl methyl sites for hydroxylation is 1. The summed E-state index contributed by atoms with van der Waals surface area (Å²) >= 11 is 8.07. The van der Waals surface area contributed by atoms with Gasteiger partial charge in [-0.25, -0.2) is 0 Å². The van der Waals surface area contributed by atoms with Crippen LogP contribution in [0.4, 0.5) is 5.69 Å². The van der Waals surface area contributed by atoms with Gasteiger partial charge in [0.05, 0.1) is 17.0 Å². The van der Waals surface area contributed by atoms with E-state index in [1.165, 1.54) is 76.3 Å². The number of carbonyl (C=O) groups is 1. The van der Waals surface area contributed by atoms with Gasteiger partial charge < -0.3 is 31.8 Å². The molecule has 0 atom stereocenters. The summed E-state index contributed by atoms with van der Waals surface area (Å²) in [7, 11) is 0. The summed E-state index contributed by atoms with van der Waals surface area (Å²) in [5, 5.41) is 5.46. The molecular formula is C33H46BrClN2O3S. The van der Waals surface area contributed by atoms with E-state index in [2.05, 4.69) is 40.7 Å². The number of rotatable bonds is 20. The molecule has 0 unspecified atom stereocenters. The highest BCUT2D eigenvalue weighted by atomic mass is 79.9. The molecule has 41 heavy (non-hydrogen) atoms. The first-order valence-corrected chi connectivity index (χ1v) is 16.2. The Balaban J connectivity index is 0.00000588. The van der Waals surface area contributed by atoms with Crippen LogP contribution in [-0.4, -0.2) is 19.1 Å². The molecule has 1 aromatic heterocycles. The molecule has 0 fully saturated rings. The van der Waals surface area contributed by atoms with Gasteiger partial charge in [0.1, 0.15) is 11.5 Å². The molecule has 0 bridgehead atoms. The number of hydrogen-bond acceptors (Lipinski definition) is 4. The van der Waals surface area contributed by atoms with Gasteiger partial charge in [0.25, 0.3) is 5.91 Å². The fourth-order valence-corrected chi connectivity index (χ4v) is 5.63. The van der Waals surface area contributed by atoms with Gasteiger partial charge >= 0.3 is 0 Å². The Labute approximate surface area is 266 Å². The lowest BCUT2D eigenvalue weighted by molar-refractivity contribution is -0.689. The van der Waals surface area contributed by atoms with Gasteiger partial charge in [0, 0.05) is 24.2 Å². The molecule has 1 amide bonds. The molecule has 3 rings (SSSR count). The third-order valence-electron chi connectivity index (χ3n) is 6.97. The van der Waals surface area contributed by atoms with Gasteiger partial charge in [-0.1, -0.05) is 113 Å². The van der Waals surface area contributed by atoms with Gasteiger partial charge in [-0.05, 0) is 30.7 Å². The normalized spacial score (nSPS) is 10.7. The van der Waals surface area contributed by atoms with Crippen molar-refractivity contribution in [3.63, 3.8) is 0 Å². The van der Waals surface area contributed by atoms with Crippen molar-refractivity contribution in [1.29, 1.82) is 0 Å². The van der Waals surface area contributed by atoms with Crippen LogP contribution in [0.25, 0.3) is 0 Å². The molecule has 0 saturated heterocycles. The first kappa shape index (κ1) is 35.1. The first-order valence-electron chi connectivity index (χ1n) is 14.9. The van der Waals surface area contributed by atoms with Crippen molar-refractivity contribution in [2.45, 2.75) is 97.4 Å². The monoisotopic (exact) mass is 664 g/mol. The molecule has 1 N–H and O–H groups in total. The van der Waals surface area contributed by atoms with E-state index in [9.17, 15) is 4.79 Å². The Kier molecular flexibility index (Phi) is 17.8. The van der Waals surface area contributed by atoms with E-state index in [-0.39, 0.29) is 29.5 Å². The lowest BCUT2D eigenvalue weighted by Gasteiger charge is -2.11. The molecule has 0 radical (unpaired) electrons. The van der Waals surface area contributed by atoms with Crippen molar-refractivity contribution in [1.82, 2.24) is 0 Å². The van der Waals surface area contributed by atoms with Gasteiger partial charge in [0.15, 0.2) is 18.8 Å². The molecule has 0 aliphatic carbocycles. The fraction of sp³-hybridized carbons (Fsp3) is 0.515. The number of unbranched alkanes of at least 4 members (excludes halogenated alkanes) is 11. The van der Waals surface area contributed by atoms with Crippen molar-refractivity contribution in [2.24, 2.45) is 0 Å². The number of benzene rings is 2. The first-order chi connectivity index (χ1) is 19.5. The van der Waals surface area contributed by atoms with E-state index in [4.69, 9.17) is 21.1 Å². The minimum absolute atomic E-state index is 0. The third-order valence-corrected chi connectivity index (χ3v) is 8.12. The largest absolute Gasteiger partial charge is 1.00 e. The molecule has 0 aliphatic heterocycles. The molecular weight excluding hydrogens is 620 g/mol. The molecule has 226 valence electrons. The zero-order chi connectivity index (χ0) is 28.4. The van der Waals surface area contributed by atoms with Crippen LogP contribution in [-0.2, 0) is 11.3 Å². The van der Waals surface area contributed by atoms with Crippen LogP contribution in [0.2, 0.25) is 5.02 Å². The predicted octanol–water partition coefficient (Wildman–Crippen LogP) is 6.15. The van der Waals surface area contributed by atoms with Gasteiger partial charge in [-0.3, -0.25) is 4.79 Å². The van der Waals surface area contributed by atoms with Crippen LogP contribution in [0.5, 0.6) is 11.5 Å². The highest BCUT2D eigenvalue weighted by Gasteiger charge is 2.11. The second-order valence-electron chi connectivity index (χ2n) is 10.5. The molecule has 1 heterocycles. The molecule has 3 aromatic rings. The van der Waals surface area contributed by atoms with Crippen LogP contribution in [0.1, 0.15) is 95.2 Å². The summed E-state index contributed by atoms with van der Waals surface area (Å²) in [6.07, 6.45) is 15.9. The van der Waals surface area contributed by atoms with E-state index in [1.807, 2.05) is 24.3 Å². The molecule has 0 aliphatic rings. The zero-order valence-electron chi connectivity index (χ0n) is 24.6. The number of nitrogens with one attached hydrogen (secondary N) is 1. The summed E-state index contributed by atoms with van der Waals surface area (Å²) in [5.41, 5.74) is 5.17. The molecule has 0 saturated carbocycles. The molecule has 0 spiro atoms. The zero-order valence-corrected chi connectivity index (χ0v) is 27.8. The van der Waals surface area contributed by atoms with Gasteiger partial charge in [-0.15, -0.1) is 0 Å². The van der Waals surface area contributed by atoms with Crippen LogP contribution < -0.4 is 36.3 Å². The summed E-state index contributed by atoms with van der Waals surface area (Å²) in [6.45, 7) is 5.67. The standard InChI is InChI=1S/C33H45ClN2O3S.BrH/c1-3-4-5-6-7-8-9-10-11-12-13-14-20-38-30-18-19-32(31(34)22-30)39-24-33(37)35-29-17-15-16-28(21-29)23-36-26-40-25-27(36)2;/h15-19,21-22,25-26H,3-14,20,23-24H2,1-2H3;1H. The van der Waals surface area contributed by atoms with Crippen molar-refractivity contribution in [3.05, 3.63) is 69.6 Å². The number of anilines is 1. The number of carbonyl (C=O) groups excluding carboxylic acids is 1. The minimum atomic E-state index is -0.236. The van der Waals surface area contributed by atoms with Crippen molar-refractivity contribution in [2.75, 3.05) is 18.5 Å². The van der Waals surface area contributed by atoms with E-state index in [0.29, 0.717) is 17.4 Å². The van der Waals surface area contributed by atoms with Crippen LogP contribution >= 0.6 is 22.9 Å². The maximum absolute atomic E-state index is 12.5. The second-order valence-corrected chi connectivity index (χ2v) is 11.6. The summed E-state index contributed by atoms with van der Waals surface area (Å²) in [5.74, 6) is 0.952. The van der Waals surface area contributed by atoms with Crippen LogP contribution in [0.15, 0.2) is 53.4 Å². The number of amides is 1. The summed E-state index contributed by atoms with van der Waals surface area (Å²) in [6, 6.07) is 13.2. The van der Waals surface area contributed by atoms with E-state index >= 15 is 0 Å². The Bertz CT molecular complexity index is 1160. The van der Waals surface area contributed by atoms with Crippen LogP contribution in [0.3, 0.4) is 0 Å². The van der Waals surface area contributed by atoms with Crippen molar-refractivity contribution >= 4 is 34.5 Å². The van der Waals surface area contributed by atoms with E-state index < -0.39 is 0 Å². The molecule has 8 heteroatoms. The number of ether oxygens (including phenoxy) is 2. The van der Waals surface area contributed by atoms with Crippen molar-refractivity contribution in [3.8, 4) is 11.5 Å². The van der Waals surface area contributed by atoms with Gasteiger partial charge in [0.2, 0.25) is 5.51 Å². The maximum atomic E-state index is 12.5. The van der Waals surface area contributed by atoms with Gasteiger partial charge in [-0.2, -0.15) is 4.57 Å². The third kappa shape index (κ3) is 14.1. The van der Waals surface area contributed by atoms with E-state index in [1.54, 1.807) is 23.5 Å². The Hall–Kier alpha value is -2.09. The van der Waals surface area contributed by atoms with Crippen LogP contribution in [0, 0.1) is 6.92 Å². The smallest absolute Gasteiger partial charge is 0.262 e. The average molecular weight is 666 g/mol. The number of thiazole rings is 1. The summed E-state index contributed by atoms with van der Waals surface area (Å²) < 4.78 is 13.7. The van der Waals surface area contributed by atoms with Crippen molar-refractivity contribution < 1.29 is 35.8 Å². The fourth-order valence-electron chi connectivity index (χ4n) is 4.62. The predicted molar refractivity (Wildman–Crippen MR) is 167 cm³/mol.